The number of ether oxygens (including phenoxy) is 6. The molecular formula is C36H43NO6. The maximum absolute atomic E-state index is 6.24. The monoisotopic (exact) mass is 585 g/mol. The van der Waals surface area contributed by atoms with E-state index in [2.05, 4.69) is 23.5 Å². The third-order valence-corrected chi connectivity index (χ3v) is 6.97. The molecule has 43 heavy (non-hydrogen) atoms. The van der Waals surface area contributed by atoms with Gasteiger partial charge in [0.1, 0.15) is 13.2 Å². The van der Waals surface area contributed by atoms with Crippen LogP contribution in [0.1, 0.15) is 42.1 Å². The van der Waals surface area contributed by atoms with Crippen LogP contribution in [0, 0.1) is 0 Å². The first-order chi connectivity index (χ1) is 21.1. The van der Waals surface area contributed by atoms with Gasteiger partial charge >= 0.3 is 0 Å². The van der Waals surface area contributed by atoms with Crippen LogP contribution in [0.25, 0.3) is 0 Å². The van der Waals surface area contributed by atoms with Gasteiger partial charge in [-0.15, -0.1) is 0 Å². The zero-order valence-corrected chi connectivity index (χ0v) is 25.6. The molecule has 7 nitrogen and oxygen atoms in total. The maximum Gasteiger partial charge on any atom is 0.169 e. The van der Waals surface area contributed by atoms with Gasteiger partial charge in [0.05, 0.1) is 14.2 Å². The lowest BCUT2D eigenvalue weighted by molar-refractivity contribution is -0.133. The van der Waals surface area contributed by atoms with Gasteiger partial charge in [0, 0.05) is 25.8 Å². The van der Waals surface area contributed by atoms with E-state index in [1.165, 1.54) is 0 Å². The summed E-state index contributed by atoms with van der Waals surface area (Å²) in [6.45, 7) is 6.49. The van der Waals surface area contributed by atoms with Crippen molar-refractivity contribution in [2.75, 3.05) is 34.0 Å². The molecule has 4 aromatic carbocycles. The largest absolute Gasteiger partial charge is 0.493 e. The van der Waals surface area contributed by atoms with E-state index in [0.29, 0.717) is 62.4 Å². The second-order valence-corrected chi connectivity index (χ2v) is 9.95. The first-order valence-corrected chi connectivity index (χ1v) is 14.8. The number of methoxy groups -OCH3 is 2. The van der Waals surface area contributed by atoms with Gasteiger partial charge in [0.25, 0.3) is 0 Å². The first-order valence-electron chi connectivity index (χ1n) is 14.8. The molecule has 0 radical (unpaired) electrons. The van der Waals surface area contributed by atoms with Crippen molar-refractivity contribution < 1.29 is 28.4 Å². The molecule has 7 heteroatoms. The van der Waals surface area contributed by atoms with Crippen LogP contribution in [-0.2, 0) is 29.1 Å². The van der Waals surface area contributed by atoms with E-state index < -0.39 is 0 Å². The minimum absolute atomic E-state index is 0.0799. The Hall–Kier alpha value is -4.04. The number of nitrogens with one attached hydrogen (secondary N) is 1. The highest BCUT2D eigenvalue weighted by Crippen LogP contribution is 2.34. The van der Waals surface area contributed by atoms with Crippen LogP contribution in [0.15, 0.2) is 97.1 Å². The number of hydrogen-bond acceptors (Lipinski definition) is 7. The molecule has 0 bridgehead atoms. The topological polar surface area (TPSA) is 67.4 Å². The van der Waals surface area contributed by atoms with Crippen LogP contribution in [0.2, 0.25) is 0 Å². The van der Waals surface area contributed by atoms with E-state index in [9.17, 15) is 0 Å². The third-order valence-electron chi connectivity index (χ3n) is 6.97. The fourth-order valence-corrected chi connectivity index (χ4v) is 4.77. The van der Waals surface area contributed by atoms with Gasteiger partial charge in [-0.25, -0.2) is 0 Å². The van der Waals surface area contributed by atoms with Crippen molar-refractivity contribution in [3.05, 3.63) is 119 Å². The Bertz CT molecular complexity index is 1360. The molecule has 1 N–H and O–H groups in total. The second kappa shape index (κ2) is 17.2. The number of rotatable bonds is 18. The molecule has 0 fully saturated rings. The van der Waals surface area contributed by atoms with Crippen molar-refractivity contribution in [1.29, 1.82) is 0 Å². The zero-order valence-electron chi connectivity index (χ0n) is 25.6. The van der Waals surface area contributed by atoms with Gasteiger partial charge in [0.2, 0.25) is 0 Å². The van der Waals surface area contributed by atoms with Crippen molar-refractivity contribution in [2.24, 2.45) is 0 Å². The average Bonchev–Trinajstić information content (AvgIpc) is 3.05. The Morgan fingerprint density at radius 1 is 0.581 bits per heavy atom. The van der Waals surface area contributed by atoms with Gasteiger partial charge in [-0.3, -0.25) is 0 Å². The smallest absolute Gasteiger partial charge is 0.169 e. The molecule has 0 heterocycles. The van der Waals surface area contributed by atoms with Gasteiger partial charge in [-0.2, -0.15) is 0 Å². The first kappa shape index (κ1) is 31.9. The van der Waals surface area contributed by atoms with Crippen LogP contribution in [0.5, 0.6) is 23.0 Å². The lowest BCUT2D eigenvalue weighted by Gasteiger charge is -2.25. The van der Waals surface area contributed by atoms with Crippen LogP contribution in [0.3, 0.4) is 0 Å². The highest BCUT2D eigenvalue weighted by atomic mass is 16.7. The molecule has 0 aliphatic heterocycles. The van der Waals surface area contributed by atoms with Crippen LogP contribution < -0.4 is 24.3 Å². The summed E-state index contributed by atoms with van der Waals surface area (Å²) in [5.41, 5.74) is 4.32. The molecule has 228 valence electrons. The van der Waals surface area contributed by atoms with Gasteiger partial charge in [0.15, 0.2) is 29.3 Å². The predicted molar refractivity (Wildman–Crippen MR) is 169 cm³/mol. The molecule has 0 amide bonds. The Morgan fingerprint density at radius 2 is 1.12 bits per heavy atom. The van der Waals surface area contributed by atoms with Crippen molar-refractivity contribution in [3.63, 3.8) is 0 Å². The Kier molecular flexibility index (Phi) is 12.7. The maximum atomic E-state index is 6.24. The van der Waals surface area contributed by atoms with Gasteiger partial charge in [-0.05, 0) is 66.8 Å². The van der Waals surface area contributed by atoms with E-state index in [0.717, 1.165) is 22.3 Å². The van der Waals surface area contributed by atoms with Gasteiger partial charge < -0.3 is 33.7 Å². The van der Waals surface area contributed by atoms with Crippen molar-refractivity contribution in [3.8, 4) is 23.0 Å². The second-order valence-electron chi connectivity index (χ2n) is 9.95. The highest BCUT2D eigenvalue weighted by Gasteiger charge is 2.19. The summed E-state index contributed by atoms with van der Waals surface area (Å²) < 4.78 is 35.3. The summed E-state index contributed by atoms with van der Waals surface area (Å²) in [6, 6.07) is 32.3. The standard InChI is InChI=1S/C36H43NO6/c1-5-40-36(41-6-2)24-37-31(30-18-20-33(39-4)35(23-30)43-26-28-15-11-8-12-16-28)21-29-17-19-32(38-3)34(22-29)42-25-27-13-9-7-10-14-27/h7-20,22-23,31,36-37H,5-6,21,24-26H2,1-4H3. The number of hydrogen-bond donors (Lipinski definition) is 1. The average molecular weight is 586 g/mol. The lowest BCUT2D eigenvalue weighted by Crippen LogP contribution is -2.35. The van der Waals surface area contributed by atoms with E-state index in [1.807, 2.05) is 92.7 Å². The van der Waals surface area contributed by atoms with Crippen molar-refractivity contribution in [2.45, 2.75) is 45.8 Å². The predicted octanol–water partition coefficient (Wildman–Crippen LogP) is 7.13. The normalized spacial score (nSPS) is 11.7. The van der Waals surface area contributed by atoms with Crippen LogP contribution >= 0.6 is 0 Å². The highest BCUT2D eigenvalue weighted by molar-refractivity contribution is 5.46. The van der Waals surface area contributed by atoms with Crippen molar-refractivity contribution >= 4 is 0 Å². The number of benzene rings is 4. The molecule has 4 aromatic rings. The minimum atomic E-state index is -0.356. The molecule has 1 atom stereocenters. The van der Waals surface area contributed by atoms with Crippen LogP contribution in [-0.4, -0.2) is 40.3 Å². The molecule has 0 saturated carbocycles. The third kappa shape index (κ3) is 9.75. The molecule has 4 rings (SSSR count). The molecule has 0 saturated heterocycles. The minimum Gasteiger partial charge on any atom is -0.493 e. The lowest BCUT2D eigenvalue weighted by atomic mass is 9.98. The molecule has 1 unspecified atom stereocenters. The summed E-state index contributed by atoms with van der Waals surface area (Å²) in [4.78, 5) is 0. The molecular weight excluding hydrogens is 542 g/mol. The van der Waals surface area contributed by atoms with Crippen molar-refractivity contribution in [1.82, 2.24) is 5.32 Å². The molecule has 0 aliphatic carbocycles. The van der Waals surface area contributed by atoms with Crippen LogP contribution in [0.4, 0.5) is 0 Å². The quantitative estimate of drug-likeness (QED) is 0.125. The zero-order chi connectivity index (χ0) is 30.3. The summed E-state index contributed by atoms with van der Waals surface area (Å²) in [6.07, 6.45) is 0.325. The van der Waals surface area contributed by atoms with E-state index in [1.54, 1.807) is 14.2 Å². The Labute approximate surface area is 255 Å². The summed E-state index contributed by atoms with van der Waals surface area (Å²) in [5.74, 6) is 2.76. The summed E-state index contributed by atoms with van der Waals surface area (Å²) in [7, 11) is 3.31. The van der Waals surface area contributed by atoms with Gasteiger partial charge in [-0.1, -0.05) is 72.8 Å². The SMILES string of the molecule is CCOC(CNC(Cc1ccc(OC)c(OCc2ccccc2)c1)c1ccc(OC)c(OCc2ccccc2)c1)OCC. The Morgan fingerprint density at radius 3 is 1.65 bits per heavy atom. The fourth-order valence-electron chi connectivity index (χ4n) is 4.77. The Balaban J connectivity index is 1.59. The summed E-state index contributed by atoms with van der Waals surface area (Å²) >= 11 is 0. The van der Waals surface area contributed by atoms with E-state index >= 15 is 0 Å². The summed E-state index contributed by atoms with van der Waals surface area (Å²) in [5, 5.41) is 3.68. The van der Waals surface area contributed by atoms with E-state index in [4.69, 9.17) is 28.4 Å². The molecule has 0 aromatic heterocycles. The fraction of sp³-hybridized carbons (Fsp3) is 0.333. The van der Waals surface area contributed by atoms with E-state index in [-0.39, 0.29) is 12.3 Å². The molecule has 0 spiro atoms. The molecule has 0 aliphatic rings.